The minimum Gasteiger partial charge on any atom is -0.162 e. The first-order valence-electron chi connectivity index (χ1n) is 11.2. The quantitative estimate of drug-likeness (QED) is 0.275. The van der Waals surface area contributed by atoms with Crippen LogP contribution in [0.25, 0.3) is 0 Å². The third kappa shape index (κ3) is 13.2. The van der Waals surface area contributed by atoms with E-state index in [1.807, 2.05) is 0 Å². The van der Waals surface area contributed by atoms with E-state index in [1.165, 1.54) is 75.7 Å². The molecule has 0 aromatic heterocycles. The van der Waals surface area contributed by atoms with Gasteiger partial charge in [0.05, 0.1) is 0 Å². The number of thioether (sulfide) groups is 1. The monoisotopic (exact) mass is 370 g/mol. The molecule has 2 atom stereocenters. The van der Waals surface area contributed by atoms with E-state index in [1.54, 1.807) is 0 Å². The molecule has 0 aromatic rings. The van der Waals surface area contributed by atoms with Gasteiger partial charge in [-0.15, -0.1) is 0 Å². The maximum absolute atomic E-state index is 2.46. The van der Waals surface area contributed by atoms with Crippen molar-refractivity contribution in [3.8, 4) is 0 Å². The van der Waals surface area contributed by atoms with Gasteiger partial charge in [0.2, 0.25) is 0 Å². The summed E-state index contributed by atoms with van der Waals surface area (Å²) in [5.74, 6) is 4.46. The van der Waals surface area contributed by atoms with Crippen molar-refractivity contribution in [2.45, 2.75) is 120 Å². The third-order valence-corrected chi connectivity index (χ3v) is 7.01. The van der Waals surface area contributed by atoms with Crippen LogP contribution in [0, 0.1) is 22.7 Å². The van der Waals surface area contributed by atoms with Gasteiger partial charge in [0.25, 0.3) is 0 Å². The molecule has 0 rings (SSSR count). The zero-order valence-electron chi connectivity index (χ0n) is 19.0. The summed E-state index contributed by atoms with van der Waals surface area (Å²) in [6.45, 7) is 19.4. The maximum Gasteiger partial charge on any atom is -0.00647 e. The van der Waals surface area contributed by atoms with E-state index < -0.39 is 0 Å². The molecule has 0 radical (unpaired) electrons. The van der Waals surface area contributed by atoms with Crippen LogP contribution in [0.5, 0.6) is 0 Å². The molecule has 0 aliphatic heterocycles. The van der Waals surface area contributed by atoms with Crippen LogP contribution in [-0.4, -0.2) is 11.5 Å². The highest BCUT2D eigenvalue weighted by Crippen LogP contribution is 2.41. The Kier molecular flexibility index (Phi) is 13.7. The lowest BCUT2D eigenvalue weighted by Gasteiger charge is -2.39. The lowest BCUT2D eigenvalue weighted by molar-refractivity contribution is 0.123. The first-order valence-corrected chi connectivity index (χ1v) is 12.4. The van der Waals surface area contributed by atoms with Crippen LogP contribution in [0.3, 0.4) is 0 Å². The van der Waals surface area contributed by atoms with Crippen LogP contribution in [0.4, 0.5) is 0 Å². The van der Waals surface area contributed by atoms with Gasteiger partial charge in [0.1, 0.15) is 0 Å². The first-order chi connectivity index (χ1) is 11.6. The number of rotatable bonds is 14. The van der Waals surface area contributed by atoms with Gasteiger partial charge in [-0.05, 0) is 53.4 Å². The van der Waals surface area contributed by atoms with E-state index in [4.69, 9.17) is 0 Å². The highest BCUT2D eigenvalue weighted by atomic mass is 32.2. The largest absolute Gasteiger partial charge is 0.162 e. The van der Waals surface area contributed by atoms with Crippen molar-refractivity contribution in [3.63, 3.8) is 0 Å². The lowest BCUT2D eigenvalue weighted by Crippen LogP contribution is -2.29. The fourth-order valence-corrected chi connectivity index (χ4v) is 4.88. The van der Waals surface area contributed by atoms with E-state index in [0.717, 1.165) is 11.8 Å². The fourth-order valence-electron chi connectivity index (χ4n) is 3.81. The van der Waals surface area contributed by atoms with Crippen molar-refractivity contribution in [1.29, 1.82) is 0 Å². The van der Waals surface area contributed by atoms with Crippen molar-refractivity contribution in [3.05, 3.63) is 0 Å². The summed E-state index contributed by atoms with van der Waals surface area (Å²) in [5, 5.41) is 0. The van der Waals surface area contributed by atoms with Gasteiger partial charge in [-0.2, -0.15) is 11.8 Å². The lowest BCUT2D eigenvalue weighted by atomic mass is 9.67. The molecule has 0 aromatic carbocycles. The second kappa shape index (κ2) is 13.5. The second-order valence-corrected chi connectivity index (χ2v) is 11.5. The minimum atomic E-state index is 0.442. The number of unbranched alkanes of at least 4 members (excludes halogenated alkanes) is 5. The average molecular weight is 371 g/mol. The number of hydrogen-bond acceptors (Lipinski definition) is 1. The van der Waals surface area contributed by atoms with E-state index in [-0.39, 0.29) is 0 Å². The Labute approximate surface area is 165 Å². The normalized spacial score (nSPS) is 15.4. The SMILES string of the molecule is CCCCCCCCSCCC(CC(CCC)C(C)(C)C)C(C)(C)C. The molecule has 0 aliphatic carbocycles. The molecule has 0 N–H and O–H groups in total. The third-order valence-electron chi connectivity index (χ3n) is 5.91. The van der Waals surface area contributed by atoms with Gasteiger partial charge in [0, 0.05) is 0 Å². The summed E-state index contributed by atoms with van der Waals surface area (Å²) in [6, 6.07) is 0. The zero-order chi connectivity index (χ0) is 19.3. The highest BCUT2D eigenvalue weighted by Gasteiger charge is 2.31. The van der Waals surface area contributed by atoms with Crippen LogP contribution in [0.1, 0.15) is 120 Å². The Morgan fingerprint density at radius 2 is 1.12 bits per heavy atom. The molecule has 152 valence electrons. The molecule has 2 unspecified atom stereocenters. The summed E-state index contributed by atoms with van der Waals surface area (Å²) in [4.78, 5) is 0. The maximum atomic E-state index is 2.46. The summed E-state index contributed by atoms with van der Waals surface area (Å²) >= 11 is 2.21. The summed E-state index contributed by atoms with van der Waals surface area (Å²) < 4.78 is 0. The Morgan fingerprint density at radius 1 is 0.600 bits per heavy atom. The summed E-state index contributed by atoms with van der Waals surface area (Å²) in [5.41, 5.74) is 0.892. The predicted octanol–water partition coefficient (Wildman–Crippen LogP) is 8.99. The van der Waals surface area contributed by atoms with E-state index in [9.17, 15) is 0 Å². The zero-order valence-corrected chi connectivity index (χ0v) is 19.9. The van der Waals surface area contributed by atoms with Crippen molar-refractivity contribution in [2.75, 3.05) is 11.5 Å². The average Bonchev–Trinajstić information content (AvgIpc) is 2.49. The standard InChI is InChI=1S/C24H50S/c1-9-11-12-13-14-15-18-25-19-17-22(24(6,7)8)20-21(16-10-2)23(3,4)5/h21-22H,9-20H2,1-8H3. The molecule has 0 bridgehead atoms. The molecular formula is C24H50S. The fraction of sp³-hybridized carbons (Fsp3) is 1.00. The molecule has 0 heterocycles. The van der Waals surface area contributed by atoms with E-state index in [2.05, 4.69) is 67.2 Å². The predicted molar refractivity (Wildman–Crippen MR) is 121 cm³/mol. The van der Waals surface area contributed by atoms with Crippen molar-refractivity contribution in [2.24, 2.45) is 22.7 Å². The molecule has 0 amide bonds. The van der Waals surface area contributed by atoms with Gasteiger partial charge in [-0.25, -0.2) is 0 Å². The van der Waals surface area contributed by atoms with Gasteiger partial charge < -0.3 is 0 Å². The molecule has 1 heteroatoms. The molecule has 0 saturated heterocycles. The van der Waals surface area contributed by atoms with Crippen LogP contribution in [-0.2, 0) is 0 Å². The van der Waals surface area contributed by atoms with Gasteiger partial charge in [-0.1, -0.05) is 100 Å². The Hall–Kier alpha value is 0.350. The topological polar surface area (TPSA) is 0 Å². The van der Waals surface area contributed by atoms with E-state index >= 15 is 0 Å². The molecule has 0 spiro atoms. The molecule has 0 nitrogen and oxygen atoms in total. The highest BCUT2D eigenvalue weighted by molar-refractivity contribution is 7.99. The van der Waals surface area contributed by atoms with Crippen molar-refractivity contribution in [1.82, 2.24) is 0 Å². The summed E-state index contributed by atoms with van der Waals surface area (Å²) in [7, 11) is 0. The molecular weight excluding hydrogens is 320 g/mol. The molecule has 25 heavy (non-hydrogen) atoms. The smallest absolute Gasteiger partial charge is 0.00647 e. The van der Waals surface area contributed by atoms with Crippen molar-refractivity contribution < 1.29 is 0 Å². The van der Waals surface area contributed by atoms with Crippen molar-refractivity contribution >= 4 is 11.8 Å². The molecule has 0 saturated carbocycles. The minimum absolute atomic E-state index is 0.442. The van der Waals surface area contributed by atoms with Crippen LogP contribution in [0.15, 0.2) is 0 Å². The Bertz CT molecular complexity index is 294. The Balaban J connectivity index is 4.20. The first kappa shape index (κ1) is 25.4. The van der Waals surface area contributed by atoms with Crippen LogP contribution < -0.4 is 0 Å². The Morgan fingerprint density at radius 3 is 1.64 bits per heavy atom. The van der Waals surface area contributed by atoms with E-state index in [0.29, 0.717) is 10.8 Å². The molecule has 0 fully saturated rings. The molecule has 0 aliphatic rings. The second-order valence-electron chi connectivity index (χ2n) is 10.3. The summed E-state index contributed by atoms with van der Waals surface area (Å²) in [6.07, 6.45) is 14.1. The van der Waals surface area contributed by atoms with Gasteiger partial charge in [0.15, 0.2) is 0 Å². The van der Waals surface area contributed by atoms with Gasteiger partial charge in [-0.3, -0.25) is 0 Å². The van der Waals surface area contributed by atoms with Gasteiger partial charge >= 0.3 is 0 Å². The number of hydrogen-bond donors (Lipinski definition) is 0. The van der Waals surface area contributed by atoms with Crippen LogP contribution in [0.2, 0.25) is 0 Å². The van der Waals surface area contributed by atoms with Crippen LogP contribution >= 0.6 is 11.8 Å².